The maximum absolute atomic E-state index is 11.3. The second-order valence-corrected chi connectivity index (χ2v) is 6.44. The monoisotopic (exact) mass is 335 g/mol. The molecule has 2 aromatic heterocycles. The highest BCUT2D eigenvalue weighted by Gasteiger charge is 2.13. The largest absolute Gasteiger partial charge is 0.481 e. The Balaban J connectivity index is 1.81. The van der Waals surface area contributed by atoms with Crippen molar-refractivity contribution >= 4 is 50.1 Å². The molecule has 4 rings (SSSR count). The van der Waals surface area contributed by atoms with Gasteiger partial charge < -0.3 is 9.52 Å². The van der Waals surface area contributed by atoms with E-state index in [1.807, 2.05) is 54.6 Å². The zero-order chi connectivity index (χ0) is 16.5. The average Bonchev–Trinajstić information content (AvgIpc) is 3.16. The Morgan fingerprint density at radius 3 is 2.75 bits per heavy atom. The summed E-state index contributed by atoms with van der Waals surface area (Å²) in [5.41, 5.74) is 2.30. The smallest absolute Gasteiger partial charge is 0.307 e. The third-order valence-electron chi connectivity index (χ3n) is 3.67. The minimum Gasteiger partial charge on any atom is -0.481 e. The van der Waals surface area contributed by atoms with Gasteiger partial charge in [-0.15, -0.1) is 11.3 Å². The molecule has 0 unspecified atom stereocenters. The van der Waals surface area contributed by atoms with E-state index >= 15 is 0 Å². The van der Waals surface area contributed by atoms with E-state index in [0.29, 0.717) is 16.3 Å². The third-order valence-corrected chi connectivity index (χ3v) is 4.78. The van der Waals surface area contributed by atoms with Crippen molar-refractivity contribution in [3.8, 4) is 0 Å². The first-order chi connectivity index (χ1) is 11.7. The number of nitrogens with zero attached hydrogens (tertiary/aromatic N) is 1. The van der Waals surface area contributed by atoms with Crippen molar-refractivity contribution in [3.05, 3.63) is 65.4 Å². The molecule has 0 aliphatic heterocycles. The van der Waals surface area contributed by atoms with E-state index in [0.717, 1.165) is 21.2 Å². The summed E-state index contributed by atoms with van der Waals surface area (Å²) in [6.07, 6.45) is 1.67. The number of carbonyl (C=O) groups is 1. The molecule has 0 atom stereocenters. The molecule has 2 heterocycles. The van der Waals surface area contributed by atoms with Crippen molar-refractivity contribution in [2.45, 2.75) is 6.42 Å². The van der Waals surface area contributed by atoms with Gasteiger partial charge in [0.15, 0.2) is 0 Å². The predicted octanol–water partition coefficient (Wildman–Crippen LogP) is 5.06. The molecule has 0 saturated heterocycles. The first kappa shape index (κ1) is 14.7. The van der Waals surface area contributed by atoms with E-state index in [4.69, 9.17) is 4.42 Å². The van der Waals surface area contributed by atoms with Crippen LogP contribution in [0.15, 0.2) is 59.0 Å². The van der Waals surface area contributed by atoms with Crippen LogP contribution in [-0.2, 0) is 4.79 Å². The number of para-hydroxylation sites is 2. The Morgan fingerprint density at radius 2 is 1.96 bits per heavy atom. The zero-order valence-corrected chi connectivity index (χ0v) is 13.4. The minimum atomic E-state index is -0.892. The highest BCUT2D eigenvalue weighted by atomic mass is 32.1. The van der Waals surface area contributed by atoms with Crippen LogP contribution in [0.3, 0.4) is 0 Å². The molecule has 0 amide bonds. The summed E-state index contributed by atoms with van der Waals surface area (Å²) < 4.78 is 6.82. The fraction of sp³-hybridized carbons (Fsp3) is 0.0526. The predicted molar refractivity (Wildman–Crippen MR) is 96.0 cm³/mol. The van der Waals surface area contributed by atoms with Gasteiger partial charge in [-0.2, -0.15) is 0 Å². The summed E-state index contributed by atoms with van der Waals surface area (Å²) in [4.78, 5) is 15.8. The van der Waals surface area contributed by atoms with Crippen LogP contribution >= 0.6 is 11.3 Å². The average molecular weight is 335 g/mol. The van der Waals surface area contributed by atoms with Gasteiger partial charge in [-0.3, -0.25) is 4.79 Å². The molecule has 0 radical (unpaired) electrons. The number of benzene rings is 2. The Kier molecular flexibility index (Phi) is 3.63. The fourth-order valence-corrected chi connectivity index (χ4v) is 3.59. The molecule has 0 bridgehead atoms. The Bertz CT molecular complexity index is 1010. The molecule has 4 aromatic rings. The molecule has 1 N–H and O–H groups in total. The number of thiazole rings is 1. The van der Waals surface area contributed by atoms with Gasteiger partial charge in [0.05, 0.1) is 16.6 Å². The maximum atomic E-state index is 11.3. The number of carboxylic acid groups (broad SMARTS) is 1. The van der Waals surface area contributed by atoms with Gasteiger partial charge in [-0.05, 0) is 30.3 Å². The van der Waals surface area contributed by atoms with Crippen LogP contribution in [0.5, 0.6) is 0 Å². The molecule has 0 aliphatic rings. The quantitative estimate of drug-likeness (QED) is 0.566. The second-order valence-electron chi connectivity index (χ2n) is 5.41. The maximum Gasteiger partial charge on any atom is 0.307 e. The Hall–Kier alpha value is -2.92. The van der Waals surface area contributed by atoms with E-state index in [9.17, 15) is 9.90 Å². The number of rotatable bonds is 4. The summed E-state index contributed by atoms with van der Waals surface area (Å²) in [5.74, 6) is -0.261. The lowest BCUT2D eigenvalue weighted by molar-refractivity contribution is -0.135. The van der Waals surface area contributed by atoms with Crippen LogP contribution in [0, 0.1) is 0 Å². The van der Waals surface area contributed by atoms with Crippen molar-refractivity contribution in [2.24, 2.45) is 0 Å². The molecule has 4 nitrogen and oxygen atoms in total. The van der Waals surface area contributed by atoms with Gasteiger partial charge >= 0.3 is 5.97 Å². The van der Waals surface area contributed by atoms with Gasteiger partial charge in [0.1, 0.15) is 16.4 Å². The lowest BCUT2D eigenvalue weighted by atomic mass is 10.1. The summed E-state index contributed by atoms with van der Waals surface area (Å²) in [6.45, 7) is 0. The SMILES string of the molecule is O=C(O)C/C(=C/c1cc2ccccc2o1)c1nc2ccccc2s1. The lowest BCUT2D eigenvalue weighted by Crippen LogP contribution is -1.96. The molecule has 24 heavy (non-hydrogen) atoms. The van der Waals surface area contributed by atoms with Crippen LogP contribution < -0.4 is 0 Å². The summed E-state index contributed by atoms with van der Waals surface area (Å²) in [6, 6.07) is 17.4. The highest BCUT2D eigenvalue weighted by molar-refractivity contribution is 7.19. The van der Waals surface area contributed by atoms with E-state index in [2.05, 4.69) is 4.98 Å². The molecule has 0 saturated carbocycles. The van der Waals surface area contributed by atoms with Crippen molar-refractivity contribution in [1.82, 2.24) is 4.98 Å². The van der Waals surface area contributed by atoms with Crippen LogP contribution in [0.4, 0.5) is 0 Å². The highest BCUT2D eigenvalue weighted by Crippen LogP contribution is 2.31. The van der Waals surface area contributed by atoms with Crippen LogP contribution in [-0.4, -0.2) is 16.1 Å². The number of hydrogen-bond donors (Lipinski definition) is 1. The fourth-order valence-electron chi connectivity index (χ4n) is 2.61. The van der Waals surface area contributed by atoms with Crippen LogP contribution in [0.2, 0.25) is 0 Å². The van der Waals surface area contributed by atoms with Crippen LogP contribution in [0.1, 0.15) is 17.2 Å². The van der Waals surface area contributed by atoms with Gasteiger partial charge in [0.2, 0.25) is 0 Å². The third kappa shape index (κ3) is 2.81. The molecule has 0 aliphatic carbocycles. The van der Waals surface area contributed by atoms with E-state index in [-0.39, 0.29) is 6.42 Å². The van der Waals surface area contributed by atoms with E-state index in [1.54, 1.807) is 6.08 Å². The van der Waals surface area contributed by atoms with Gasteiger partial charge in [-0.25, -0.2) is 4.98 Å². The summed E-state index contributed by atoms with van der Waals surface area (Å²) in [7, 11) is 0. The number of aromatic nitrogens is 1. The van der Waals surface area contributed by atoms with Crippen molar-refractivity contribution in [2.75, 3.05) is 0 Å². The summed E-state index contributed by atoms with van der Waals surface area (Å²) >= 11 is 1.49. The number of fused-ring (bicyclic) bond motifs is 2. The molecular formula is C19H13NO3S. The number of carboxylic acids is 1. The lowest BCUT2D eigenvalue weighted by Gasteiger charge is -1.99. The van der Waals surface area contributed by atoms with E-state index < -0.39 is 5.97 Å². The van der Waals surface area contributed by atoms with Crippen molar-refractivity contribution in [1.29, 1.82) is 0 Å². The van der Waals surface area contributed by atoms with Gasteiger partial charge in [0.25, 0.3) is 0 Å². The Labute approximate surface area is 141 Å². The summed E-state index contributed by atoms with van der Waals surface area (Å²) in [5, 5.41) is 10.9. The first-order valence-corrected chi connectivity index (χ1v) is 8.27. The number of aliphatic carboxylic acids is 1. The zero-order valence-electron chi connectivity index (χ0n) is 12.6. The Morgan fingerprint density at radius 1 is 1.17 bits per heavy atom. The first-order valence-electron chi connectivity index (χ1n) is 7.46. The number of furan rings is 1. The standard InChI is InChI=1S/C19H13NO3S/c21-18(22)11-13(19-20-15-6-2-4-8-17(15)24-19)10-14-9-12-5-1-3-7-16(12)23-14/h1-10H,11H2,(H,21,22)/b13-10-. The normalized spacial score (nSPS) is 12.1. The van der Waals surface area contributed by atoms with E-state index in [1.165, 1.54) is 11.3 Å². The van der Waals surface area contributed by atoms with Crippen molar-refractivity contribution < 1.29 is 14.3 Å². The molecule has 118 valence electrons. The molecule has 0 fully saturated rings. The molecular weight excluding hydrogens is 322 g/mol. The molecule has 0 spiro atoms. The van der Waals surface area contributed by atoms with Gasteiger partial charge in [0, 0.05) is 11.0 Å². The van der Waals surface area contributed by atoms with Crippen molar-refractivity contribution in [3.63, 3.8) is 0 Å². The molecule has 2 aromatic carbocycles. The second kappa shape index (κ2) is 5.94. The topological polar surface area (TPSA) is 63.3 Å². The number of hydrogen-bond acceptors (Lipinski definition) is 4. The van der Waals surface area contributed by atoms with Gasteiger partial charge in [-0.1, -0.05) is 30.3 Å². The molecule has 5 heteroatoms. The minimum absolute atomic E-state index is 0.100. The van der Waals surface area contributed by atoms with Crippen LogP contribution in [0.25, 0.3) is 32.8 Å².